The lowest BCUT2D eigenvalue weighted by molar-refractivity contribution is 0.0963. The van der Waals surface area contributed by atoms with Crippen LogP contribution in [-0.2, 0) is 11.2 Å². The summed E-state index contributed by atoms with van der Waals surface area (Å²) in [7, 11) is 3.46. The summed E-state index contributed by atoms with van der Waals surface area (Å²) in [6.07, 6.45) is 2.40. The van der Waals surface area contributed by atoms with E-state index in [0.717, 1.165) is 37.5 Å². The number of piperidine rings is 1. The minimum absolute atomic E-state index is 0.217. The SMILES string of the molecule is CCOC(=O)N1CCC(NC(=NC)NCCc2ccccc2OC)CC1. The van der Waals surface area contributed by atoms with Gasteiger partial charge >= 0.3 is 6.09 Å². The lowest BCUT2D eigenvalue weighted by Gasteiger charge is -2.32. The molecule has 2 N–H and O–H groups in total. The number of rotatable bonds is 6. The van der Waals surface area contributed by atoms with Crippen molar-refractivity contribution in [3.05, 3.63) is 29.8 Å². The Morgan fingerprint density at radius 3 is 2.69 bits per heavy atom. The first-order chi connectivity index (χ1) is 12.7. The molecule has 7 heteroatoms. The predicted octanol–water partition coefficient (Wildman–Crippen LogP) is 2.02. The molecule has 0 spiro atoms. The Morgan fingerprint density at radius 2 is 2.04 bits per heavy atom. The third-order valence-corrected chi connectivity index (χ3v) is 4.46. The van der Waals surface area contributed by atoms with Gasteiger partial charge in [0.25, 0.3) is 0 Å². The minimum atomic E-state index is -0.217. The molecule has 2 rings (SSSR count). The zero-order valence-corrected chi connectivity index (χ0v) is 16.0. The number of carbonyl (C=O) groups is 1. The maximum atomic E-state index is 11.7. The Hall–Kier alpha value is -2.44. The number of nitrogens with one attached hydrogen (secondary N) is 2. The number of carbonyl (C=O) groups excluding carboxylic acids is 1. The van der Waals surface area contributed by atoms with Crippen molar-refractivity contribution >= 4 is 12.1 Å². The third kappa shape index (κ3) is 5.82. The highest BCUT2D eigenvalue weighted by atomic mass is 16.6. The van der Waals surface area contributed by atoms with Crippen LogP contribution in [0.1, 0.15) is 25.3 Å². The van der Waals surface area contributed by atoms with Crippen LogP contribution in [0.3, 0.4) is 0 Å². The second-order valence-corrected chi connectivity index (χ2v) is 6.17. The fourth-order valence-corrected chi connectivity index (χ4v) is 3.03. The van der Waals surface area contributed by atoms with Crippen molar-refractivity contribution in [2.45, 2.75) is 32.2 Å². The van der Waals surface area contributed by atoms with E-state index in [2.05, 4.69) is 21.7 Å². The highest BCUT2D eigenvalue weighted by molar-refractivity contribution is 5.80. The van der Waals surface area contributed by atoms with E-state index in [1.165, 1.54) is 5.56 Å². The van der Waals surface area contributed by atoms with Gasteiger partial charge in [0.1, 0.15) is 5.75 Å². The average Bonchev–Trinajstić information content (AvgIpc) is 2.68. The summed E-state index contributed by atoms with van der Waals surface area (Å²) >= 11 is 0. The Labute approximate surface area is 155 Å². The van der Waals surface area contributed by atoms with Crippen LogP contribution < -0.4 is 15.4 Å². The lowest BCUT2D eigenvalue weighted by atomic mass is 10.1. The van der Waals surface area contributed by atoms with Gasteiger partial charge in [-0.2, -0.15) is 0 Å². The molecule has 0 atom stereocenters. The third-order valence-electron chi connectivity index (χ3n) is 4.46. The topological polar surface area (TPSA) is 75.2 Å². The Morgan fingerprint density at radius 1 is 1.31 bits per heavy atom. The minimum Gasteiger partial charge on any atom is -0.496 e. The van der Waals surface area contributed by atoms with Gasteiger partial charge < -0.3 is 25.0 Å². The zero-order valence-electron chi connectivity index (χ0n) is 16.0. The number of aliphatic imine (C=N–C) groups is 1. The first-order valence-corrected chi connectivity index (χ1v) is 9.18. The molecular formula is C19H30N4O3. The van der Waals surface area contributed by atoms with E-state index in [-0.39, 0.29) is 6.09 Å². The van der Waals surface area contributed by atoms with Crippen LogP contribution in [0.5, 0.6) is 5.75 Å². The molecule has 1 aliphatic rings. The predicted molar refractivity (Wildman–Crippen MR) is 103 cm³/mol. The molecule has 144 valence electrons. The Balaban J connectivity index is 1.74. The second-order valence-electron chi connectivity index (χ2n) is 6.17. The molecule has 1 amide bonds. The number of guanidine groups is 1. The maximum absolute atomic E-state index is 11.7. The van der Waals surface area contributed by atoms with E-state index in [1.54, 1.807) is 19.1 Å². The number of para-hydroxylation sites is 1. The molecular weight excluding hydrogens is 332 g/mol. The van der Waals surface area contributed by atoms with Crippen molar-refractivity contribution in [2.75, 3.05) is 40.4 Å². The van der Waals surface area contributed by atoms with Gasteiger partial charge in [0.2, 0.25) is 0 Å². The van der Waals surface area contributed by atoms with E-state index >= 15 is 0 Å². The van der Waals surface area contributed by atoms with Crippen molar-refractivity contribution in [3.8, 4) is 5.75 Å². The number of hydrogen-bond donors (Lipinski definition) is 2. The van der Waals surface area contributed by atoms with Crippen molar-refractivity contribution in [3.63, 3.8) is 0 Å². The monoisotopic (exact) mass is 362 g/mol. The molecule has 1 aliphatic heterocycles. The van der Waals surface area contributed by atoms with Crippen LogP contribution in [0, 0.1) is 0 Å². The lowest BCUT2D eigenvalue weighted by Crippen LogP contribution is -2.50. The number of methoxy groups -OCH3 is 1. The van der Waals surface area contributed by atoms with Gasteiger partial charge in [0.05, 0.1) is 13.7 Å². The molecule has 0 bridgehead atoms. The second kappa shape index (κ2) is 10.5. The largest absolute Gasteiger partial charge is 0.496 e. The summed E-state index contributed by atoms with van der Waals surface area (Å²) in [4.78, 5) is 17.8. The first-order valence-electron chi connectivity index (χ1n) is 9.18. The summed E-state index contributed by atoms with van der Waals surface area (Å²) in [5, 5.41) is 6.79. The van der Waals surface area contributed by atoms with Crippen LogP contribution in [0.2, 0.25) is 0 Å². The quantitative estimate of drug-likeness (QED) is 0.598. The molecule has 0 aliphatic carbocycles. The van der Waals surface area contributed by atoms with Crippen molar-refractivity contribution in [1.29, 1.82) is 0 Å². The Bertz CT molecular complexity index is 598. The fourth-order valence-electron chi connectivity index (χ4n) is 3.03. The van der Waals surface area contributed by atoms with E-state index in [1.807, 2.05) is 25.1 Å². The molecule has 0 unspecified atom stereocenters. The molecule has 0 aromatic heterocycles. The highest BCUT2D eigenvalue weighted by Crippen LogP contribution is 2.17. The Kier molecular flexibility index (Phi) is 8.05. The van der Waals surface area contributed by atoms with E-state index in [9.17, 15) is 4.79 Å². The standard InChI is InChI=1S/C19H30N4O3/c1-4-26-19(24)23-13-10-16(11-14-23)22-18(20-2)21-12-9-15-7-5-6-8-17(15)25-3/h5-8,16H,4,9-14H2,1-3H3,(H2,20,21,22). The fraction of sp³-hybridized carbons (Fsp3) is 0.579. The van der Waals surface area contributed by atoms with Gasteiger partial charge in [0.15, 0.2) is 5.96 Å². The number of ether oxygens (including phenoxy) is 2. The molecule has 0 radical (unpaired) electrons. The van der Waals surface area contributed by atoms with E-state index < -0.39 is 0 Å². The highest BCUT2D eigenvalue weighted by Gasteiger charge is 2.23. The number of likely N-dealkylation sites (tertiary alicyclic amines) is 1. The van der Waals surface area contributed by atoms with Gasteiger partial charge in [-0.15, -0.1) is 0 Å². The molecule has 7 nitrogen and oxygen atoms in total. The van der Waals surface area contributed by atoms with Crippen LogP contribution in [-0.4, -0.2) is 63.4 Å². The van der Waals surface area contributed by atoms with Gasteiger partial charge in [0, 0.05) is 32.7 Å². The maximum Gasteiger partial charge on any atom is 0.409 e. The van der Waals surface area contributed by atoms with Gasteiger partial charge in [-0.3, -0.25) is 4.99 Å². The van der Waals surface area contributed by atoms with E-state index in [4.69, 9.17) is 9.47 Å². The van der Waals surface area contributed by atoms with Gasteiger partial charge in [-0.05, 0) is 37.8 Å². The molecule has 26 heavy (non-hydrogen) atoms. The summed E-state index contributed by atoms with van der Waals surface area (Å²) < 4.78 is 10.4. The molecule has 1 aromatic rings. The molecule has 1 aromatic carbocycles. The van der Waals surface area contributed by atoms with Gasteiger partial charge in [-0.1, -0.05) is 18.2 Å². The molecule has 1 heterocycles. The van der Waals surface area contributed by atoms with Crippen LogP contribution in [0.25, 0.3) is 0 Å². The number of benzene rings is 1. The summed E-state index contributed by atoms with van der Waals surface area (Å²) in [5.41, 5.74) is 1.17. The van der Waals surface area contributed by atoms with Crippen molar-refractivity contribution in [2.24, 2.45) is 4.99 Å². The number of hydrogen-bond acceptors (Lipinski definition) is 4. The smallest absolute Gasteiger partial charge is 0.409 e. The zero-order chi connectivity index (χ0) is 18.8. The molecule has 0 saturated carbocycles. The van der Waals surface area contributed by atoms with Crippen molar-refractivity contribution < 1.29 is 14.3 Å². The average molecular weight is 362 g/mol. The first kappa shape index (κ1) is 19.9. The number of amides is 1. The van der Waals surface area contributed by atoms with Crippen molar-refractivity contribution in [1.82, 2.24) is 15.5 Å². The normalized spacial score (nSPS) is 15.5. The molecule has 1 fully saturated rings. The van der Waals surface area contributed by atoms with Crippen LogP contribution in [0.4, 0.5) is 4.79 Å². The van der Waals surface area contributed by atoms with E-state index in [0.29, 0.717) is 25.7 Å². The van der Waals surface area contributed by atoms with Crippen LogP contribution in [0.15, 0.2) is 29.3 Å². The summed E-state index contributed by atoms with van der Waals surface area (Å²) in [5.74, 6) is 1.69. The summed E-state index contributed by atoms with van der Waals surface area (Å²) in [6, 6.07) is 8.33. The van der Waals surface area contributed by atoms with Crippen LogP contribution >= 0.6 is 0 Å². The van der Waals surface area contributed by atoms with Gasteiger partial charge in [-0.25, -0.2) is 4.79 Å². The number of nitrogens with zero attached hydrogens (tertiary/aromatic N) is 2. The summed E-state index contributed by atoms with van der Waals surface area (Å²) in [6.45, 7) is 4.41. The molecule has 1 saturated heterocycles.